The van der Waals surface area contributed by atoms with Crippen molar-refractivity contribution in [3.8, 4) is 0 Å². The van der Waals surface area contributed by atoms with Gasteiger partial charge in [-0.25, -0.2) is 4.39 Å². The van der Waals surface area contributed by atoms with Crippen molar-refractivity contribution in [2.45, 2.75) is 13.1 Å². The first-order chi connectivity index (χ1) is 14.1. The largest absolute Gasteiger partial charge is 0.330 e. The average molecular weight is 406 g/mol. The van der Waals surface area contributed by atoms with Gasteiger partial charge in [-0.15, -0.1) is 0 Å². The predicted octanol–water partition coefficient (Wildman–Crippen LogP) is 4.12. The first kappa shape index (κ1) is 18.8. The fourth-order valence-corrected chi connectivity index (χ4v) is 3.08. The van der Waals surface area contributed by atoms with Crippen LogP contribution in [0.1, 0.15) is 11.1 Å². The van der Waals surface area contributed by atoms with E-state index in [1.165, 1.54) is 17.7 Å². The Morgan fingerprint density at radius 3 is 2.41 bits per heavy atom. The van der Waals surface area contributed by atoms with E-state index in [1.54, 1.807) is 23.0 Å². The lowest BCUT2D eigenvalue weighted by Gasteiger charge is -2.06. The van der Waals surface area contributed by atoms with Gasteiger partial charge in [-0.2, -0.15) is 10.2 Å². The van der Waals surface area contributed by atoms with Gasteiger partial charge in [0.25, 0.3) is 0 Å². The van der Waals surface area contributed by atoms with E-state index in [-0.39, 0.29) is 5.82 Å². The highest BCUT2D eigenvalue weighted by Crippen LogP contribution is 2.11. The molecule has 0 spiro atoms. The number of hydrogen-bond acceptors (Lipinski definition) is 3. The summed E-state index contributed by atoms with van der Waals surface area (Å²) in [5, 5.41) is 15.4. The molecule has 2 heterocycles. The number of nitrogens with one attached hydrogen (secondary N) is 2. The van der Waals surface area contributed by atoms with Gasteiger partial charge in [0.2, 0.25) is 0 Å². The Balaban J connectivity index is 1.31. The maximum atomic E-state index is 13.0. The molecule has 0 fully saturated rings. The van der Waals surface area contributed by atoms with E-state index >= 15 is 0 Å². The second kappa shape index (κ2) is 8.66. The molecular weight excluding hydrogens is 387 g/mol. The van der Waals surface area contributed by atoms with Crippen molar-refractivity contribution in [3.05, 3.63) is 96.2 Å². The molecule has 2 aromatic carbocycles. The summed E-state index contributed by atoms with van der Waals surface area (Å²) in [5.41, 5.74) is 2.94. The summed E-state index contributed by atoms with van der Waals surface area (Å²) in [6.07, 6.45) is 5.46. The smallest absolute Gasteiger partial charge is 0.176 e. The molecular formula is C21H19FN6S. The van der Waals surface area contributed by atoms with Gasteiger partial charge in [-0.1, -0.05) is 42.5 Å². The van der Waals surface area contributed by atoms with Crippen LogP contribution in [0, 0.1) is 5.82 Å². The van der Waals surface area contributed by atoms with Gasteiger partial charge < -0.3 is 10.6 Å². The fourth-order valence-electron chi connectivity index (χ4n) is 2.86. The number of rotatable bonds is 6. The molecule has 146 valence electrons. The molecule has 0 saturated heterocycles. The van der Waals surface area contributed by atoms with E-state index in [9.17, 15) is 4.39 Å². The normalized spacial score (nSPS) is 10.7. The van der Waals surface area contributed by atoms with Crippen molar-refractivity contribution in [1.29, 1.82) is 0 Å². The molecule has 8 heteroatoms. The van der Waals surface area contributed by atoms with Gasteiger partial charge in [0, 0.05) is 18.5 Å². The van der Waals surface area contributed by atoms with Crippen LogP contribution in [0.2, 0.25) is 0 Å². The quantitative estimate of drug-likeness (QED) is 0.472. The zero-order valence-corrected chi connectivity index (χ0v) is 16.3. The molecule has 0 aliphatic carbocycles. The van der Waals surface area contributed by atoms with E-state index in [0.717, 1.165) is 11.3 Å². The van der Waals surface area contributed by atoms with Crippen molar-refractivity contribution in [2.75, 3.05) is 10.6 Å². The summed E-state index contributed by atoms with van der Waals surface area (Å²) in [7, 11) is 0. The number of halogens is 1. The Labute approximate surface area is 173 Å². The number of thiocarbonyl (C=S) groups is 1. The monoisotopic (exact) mass is 406 g/mol. The third-order valence-corrected chi connectivity index (χ3v) is 4.42. The van der Waals surface area contributed by atoms with E-state index in [0.29, 0.717) is 24.0 Å². The minimum absolute atomic E-state index is 0.250. The number of aromatic nitrogens is 4. The van der Waals surface area contributed by atoms with Crippen LogP contribution >= 0.6 is 12.2 Å². The molecule has 0 saturated carbocycles. The Hall–Kier alpha value is -3.52. The van der Waals surface area contributed by atoms with E-state index in [2.05, 4.69) is 33.0 Å². The highest BCUT2D eigenvalue weighted by atomic mass is 32.1. The average Bonchev–Trinajstić information content (AvgIpc) is 3.34. The molecule has 0 aliphatic heterocycles. The van der Waals surface area contributed by atoms with E-state index in [4.69, 9.17) is 12.2 Å². The van der Waals surface area contributed by atoms with Gasteiger partial charge in [-0.3, -0.25) is 9.36 Å². The predicted molar refractivity (Wildman–Crippen MR) is 115 cm³/mol. The van der Waals surface area contributed by atoms with Crippen LogP contribution < -0.4 is 10.6 Å². The summed E-state index contributed by atoms with van der Waals surface area (Å²) in [5.74, 6) is 0.376. The lowest BCUT2D eigenvalue weighted by atomic mass is 10.2. The van der Waals surface area contributed by atoms with Gasteiger partial charge in [-0.05, 0) is 35.5 Å². The standard InChI is InChI=1S/C21H19FN6S/c22-18-8-6-17(7-9-18)13-27-11-10-20(26-27)25-21(29)24-19-12-23-28(15-19)14-16-4-2-1-3-5-16/h1-12,15H,13-14H2,(H2,24,25,26,29). The van der Waals surface area contributed by atoms with Gasteiger partial charge in [0.15, 0.2) is 10.9 Å². The minimum Gasteiger partial charge on any atom is -0.330 e. The SMILES string of the molecule is Fc1ccc(Cn2ccc(NC(=S)Nc3cnn(Cc4ccccc4)c3)n2)cc1. The van der Waals surface area contributed by atoms with Crippen LogP contribution in [-0.4, -0.2) is 24.7 Å². The number of benzene rings is 2. The van der Waals surface area contributed by atoms with Crippen LogP contribution in [0.3, 0.4) is 0 Å². The summed E-state index contributed by atoms with van der Waals surface area (Å²) < 4.78 is 16.6. The van der Waals surface area contributed by atoms with Crippen LogP contribution in [0.15, 0.2) is 79.3 Å². The molecule has 0 amide bonds. The third-order valence-electron chi connectivity index (χ3n) is 4.22. The lowest BCUT2D eigenvalue weighted by molar-refractivity contribution is 0.624. The Morgan fingerprint density at radius 2 is 1.62 bits per heavy atom. The summed E-state index contributed by atoms with van der Waals surface area (Å²) in [4.78, 5) is 0. The lowest BCUT2D eigenvalue weighted by Crippen LogP contribution is -2.19. The molecule has 2 aromatic heterocycles. The molecule has 6 nitrogen and oxygen atoms in total. The Bertz CT molecular complexity index is 1090. The Kier molecular flexibility index (Phi) is 5.62. The second-order valence-corrected chi connectivity index (χ2v) is 6.92. The second-order valence-electron chi connectivity index (χ2n) is 6.52. The number of anilines is 2. The first-order valence-corrected chi connectivity index (χ1v) is 9.47. The molecule has 4 rings (SSSR count). The zero-order chi connectivity index (χ0) is 20.1. The maximum Gasteiger partial charge on any atom is 0.176 e. The summed E-state index contributed by atoms with van der Waals surface area (Å²) >= 11 is 5.36. The van der Waals surface area contributed by atoms with Gasteiger partial charge >= 0.3 is 0 Å². The molecule has 0 aliphatic rings. The van der Waals surface area contributed by atoms with Crippen LogP contribution in [-0.2, 0) is 13.1 Å². The molecule has 0 atom stereocenters. The van der Waals surface area contributed by atoms with Gasteiger partial charge in [0.1, 0.15) is 5.82 Å². The van der Waals surface area contributed by atoms with Crippen LogP contribution in [0.5, 0.6) is 0 Å². The molecule has 4 aromatic rings. The van der Waals surface area contributed by atoms with Crippen molar-refractivity contribution in [2.24, 2.45) is 0 Å². The number of hydrogen-bond donors (Lipinski definition) is 2. The van der Waals surface area contributed by atoms with Crippen LogP contribution in [0.25, 0.3) is 0 Å². The van der Waals surface area contributed by atoms with E-state index in [1.807, 2.05) is 41.3 Å². The molecule has 2 N–H and O–H groups in total. The summed E-state index contributed by atoms with van der Waals surface area (Å²) in [6, 6.07) is 18.3. The van der Waals surface area contributed by atoms with Crippen molar-refractivity contribution in [3.63, 3.8) is 0 Å². The van der Waals surface area contributed by atoms with Crippen molar-refractivity contribution in [1.82, 2.24) is 19.6 Å². The highest BCUT2D eigenvalue weighted by molar-refractivity contribution is 7.80. The number of nitrogens with zero attached hydrogens (tertiary/aromatic N) is 4. The third kappa shape index (κ3) is 5.26. The maximum absolute atomic E-state index is 13.0. The topological polar surface area (TPSA) is 59.7 Å². The van der Waals surface area contributed by atoms with E-state index < -0.39 is 0 Å². The summed E-state index contributed by atoms with van der Waals surface area (Å²) in [6.45, 7) is 1.24. The molecule has 0 bridgehead atoms. The minimum atomic E-state index is -0.250. The molecule has 0 radical (unpaired) electrons. The van der Waals surface area contributed by atoms with Gasteiger partial charge in [0.05, 0.1) is 25.0 Å². The first-order valence-electron chi connectivity index (χ1n) is 9.06. The molecule has 0 unspecified atom stereocenters. The van der Waals surface area contributed by atoms with Crippen molar-refractivity contribution >= 4 is 28.8 Å². The highest BCUT2D eigenvalue weighted by Gasteiger charge is 2.05. The molecule has 29 heavy (non-hydrogen) atoms. The van der Waals surface area contributed by atoms with Crippen molar-refractivity contribution < 1.29 is 4.39 Å². The fraction of sp³-hybridized carbons (Fsp3) is 0.0952. The van der Waals surface area contributed by atoms with Crippen LogP contribution in [0.4, 0.5) is 15.9 Å². The zero-order valence-electron chi connectivity index (χ0n) is 15.5. The Morgan fingerprint density at radius 1 is 0.897 bits per heavy atom.